The number of para-hydroxylation sites is 1. The van der Waals surface area contributed by atoms with Gasteiger partial charge in [-0.15, -0.1) is 16.4 Å². The second kappa shape index (κ2) is 5.88. The van der Waals surface area contributed by atoms with Gasteiger partial charge in [-0.05, 0) is 36.7 Å². The van der Waals surface area contributed by atoms with Crippen LogP contribution in [0.1, 0.15) is 12.5 Å². The Hall–Kier alpha value is -2.45. The number of benzene rings is 1. The van der Waals surface area contributed by atoms with Crippen molar-refractivity contribution in [1.82, 2.24) is 19.2 Å². The lowest BCUT2D eigenvalue weighted by atomic mass is 10.2. The van der Waals surface area contributed by atoms with Crippen molar-refractivity contribution in [1.29, 1.82) is 0 Å². The number of hydrogen-bond donors (Lipinski definition) is 1. The molecule has 0 unspecified atom stereocenters. The zero-order valence-electron chi connectivity index (χ0n) is 12.9. The molecule has 1 N–H and O–H groups in total. The van der Waals surface area contributed by atoms with Gasteiger partial charge in [0.05, 0.1) is 18.7 Å². The van der Waals surface area contributed by atoms with Gasteiger partial charge < -0.3 is 4.74 Å². The van der Waals surface area contributed by atoms with Crippen LogP contribution in [-0.4, -0.2) is 25.8 Å². The molecule has 0 aliphatic carbocycles. The average molecular weight is 358 g/mol. The highest BCUT2D eigenvalue weighted by atomic mass is 32.1. The van der Waals surface area contributed by atoms with Crippen LogP contribution >= 0.6 is 23.6 Å². The van der Waals surface area contributed by atoms with Crippen LogP contribution in [0.5, 0.6) is 5.75 Å². The Morgan fingerprint density at radius 3 is 3.00 bits per heavy atom. The van der Waals surface area contributed by atoms with Gasteiger partial charge in [0.15, 0.2) is 0 Å². The Labute approximate surface area is 145 Å². The second-order valence-corrected chi connectivity index (χ2v) is 6.53. The van der Waals surface area contributed by atoms with E-state index in [9.17, 15) is 4.79 Å². The lowest BCUT2D eigenvalue weighted by Crippen LogP contribution is -2.23. The van der Waals surface area contributed by atoms with Crippen LogP contribution in [0.15, 0.2) is 40.5 Å². The van der Waals surface area contributed by atoms with Gasteiger partial charge in [0.1, 0.15) is 10.4 Å². The van der Waals surface area contributed by atoms with E-state index in [1.54, 1.807) is 8.97 Å². The third-order valence-electron chi connectivity index (χ3n) is 3.82. The number of aromatic amines is 1. The number of nitrogens with zero attached hydrogens (tertiary/aromatic N) is 3. The van der Waals surface area contributed by atoms with E-state index in [1.807, 2.05) is 42.6 Å². The van der Waals surface area contributed by atoms with Crippen LogP contribution in [0.25, 0.3) is 16.0 Å². The Bertz CT molecular complexity index is 1150. The van der Waals surface area contributed by atoms with Crippen molar-refractivity contribution >= 4 is 39.5 Å². The lowest BCUT2D eigenvalue weighted by Gasteiger charge is -2.12. The third kappa shape index (κ3) is 2.26. The molecule has 4 rings (SSSR count). The predicted octanol–water partition coefficient (Wildman–Crippen LogP) is 3.22. The maximum Gasteiger partial charge on any atom is 0.273 e. The highest BCUT2D eigenvalue weighted by Gasteiger charge is 2.15. The molecule has 0 fully saturated rings. The third-order valence-corrected chi connectivity index (χ3v) is 4.99. The zero-order valence-corrected chi connectivity index (χ0v) is 14.5. The molecule has 4 aromatic rings. The van der Waals surface area contributed by atoms with Crippen molar-refractivity contribution in [2.24, 2.45) is 0 Å². The highest BCUT2D eigenvalue weighted by Crippen LogP contribution is 2.22. The van der Waals surface area contributed by atoms with Crippen LogP contribution in [-0.2, 0) is 6.54 Å². The van der Waals surface area contributed by atoms with Crippen LogP contribution in [0.3, 0.4) is 0 Å². The summed E-state index contributed by atoms with van der Waals surface area (Å²) < 4.78 is 10.2. The Kier molecular flexibility index (Phi) is 3.70. The fourth-order valence-corrected chi connectivity index (χ4v) is 3.83. The van der Waals surface area contributed by atoms with Crippen LogP contribution in [0.4, 0.5) is 0 Å². The van der Waals surface area contributed by atoms with Gasteiger partial charge in [-0.3, -0.25) is 13.8 Å². The van der Waals surface area contributed by atoms with Crippen molar-refractivity contribution in [2.45, 2.75) is 13.5 Å². The minimum absolute atomic E-state index is 0.0761. The number of ether oxygens (including phenoxy) is 1. The van der Waals surface area contributed by atoms with Gasteiger partial charge in [0.25, 0.3) is 5.56 Å². The number of H-pyrrole nitrogens is 1. The van der Waals surface area contributed by atoms with Crippen LogP contribution in [0.2, 0.25) is 0 Å². The smallest absolute Gasteiger partial charge is 0.273 e. The van der Waals surface area contributed by atoms with Gasteiger partial charge in [0, 0.05) is 5.56 Å². The van der Waals surface area contributed by atoms with E-state index in [0.29, 0.717) is 28.4 Å². The number of aromatic nitrogens is 4. The molecule has 24 heavy (non-hydrogen) atoms. The molecule has 0 bridgehead atoms. The van der Waals surface area contributed by atoms with Crippen molar-refractivity contribution < 1.29 is 4.74 Å². The monoisotopic (exact) mass is 358 g/mol. The van der Waals surface area contributed by atoms with Gasteiger partial charge in [-0.25, -0.2) is 5.10 Å². The number of fused-ring (bicyclic) bond motifs is 3. The fourth-order valence-electron chi connectivity index (χ4n) is 2.78. The Balaban J connectivity index is 1.98. The average Bonchev–Trinajstić information content (AvgIpc) is 3.20. The van der Waals surface area contributed by atoms with Gasteiger partial charge in [-0.1, -0.05) is 18.2 Å². The lowest BCUT2D eigenvalue weighted by molar-refractivity contribution is 0.336. The first-order valence-corrected chi connectivity index (χ1v) is 8.77. The summed E-state index contributed by atoms with van der Waals surface area (Å²) in [7, 11) is 0. The summed E-state index contributed by atoms with van der Waals surface area (Å²) in [6.45, 7) is 2.87. The van der Waals surface area contributed by atoms with E-state index in [2.05, 4.69) is 10.2 Å². The molecule has 0 radical (unpaired) electrons. The molecule has 0 saturated carbocycles. The first-order valence-electron chi connectivity index (χ1n) is 7.48. The number of hydrogen-bond acceptors (Lipinski definition) is 5. The number of nitrogens with one attached hydrogen (secondary N) is 1. The molecule has 0 aliphatic rings. The summed E-state index contributed by atoms with van der Waals surface area (Å²) in [5.41, 5.74) is 1.63. The van der Waals surface area contributed by atoms with E-state index in [0.717, 1.165) is 16.8 Å². The molecule has 0 saturated heterocycles. The Morgan fingerprint density at radius 1 is 1.33 bits per heavy atom. The van der Waals surface area contributed by atoms with Crippen molar-refractivity contribution in [3.63, 3.8) is 0 Å². The molecule has 8 heteroatoms. The SMILES string of the molecule is CCOc1ccccc1Cn1c(=O)c2sccc2n2c(=S)[nH]nc12. The largest absolute Gasteiger partial charge is 0.494 e. The molecule has 3 aromatic heterocycles. The maximum atomic E-state index is 12.9. The zero-order chi connectivity index (χ0) is 16.7. The standard InChI is InChI=1S/C16H14N4O2S2/c1-2-22-12-6-4-3-5-10(12)9-19-14(21)13-11(7-8-24-13)20-15(19)17-18-16(20)23/h3-8H,2,9H2,1H3,(H,18,23). The number of rotatable bonds is 4. The van der Waals surface area contributed by atoms with Crippen molar-refractivity contribution in [3.8, 4) is 5.75 Å². The normalized spacial score (nSPS) is 11.4. The molecule has 6 nitrogen and oxygen atoms in total. The van der Waals surface area contributed by atoms with E-state index in [4.69, 9.17) is 17.0 Å². The summed E-state index contributed by atoms with van der Waals surface area (Å²) in [5, 5.41) is 8.92. The molecule has 3 heterocycles. The summed E-state index contributed by atoms with van der Waals surface area (Å²) in [5.74, 6) is 1.27. The maximum absolute atomic E-state index is 12.9. The topological polar surface area (TPSA) is 64.3 Å². The minimum atomic E-state index is -0.0761. The van der Waals surface area contributed by atoms with Crippen molar-refractivity contribution in [2.75, 3.05) is 6.61 Å². The quantitative estimate of drug-likeness (QED) is 0.569. The van der Waals surface area contributed by atoms with Crippen LogP contribution in [0, 0.1) is 4.77 Å². The van der Waals surface area contributed by atoms with Gasteiger partial charge in [0.2, 0.25) is 10.5 Å². The highest BCUT2D eigenvalue weighted by molar-refractivity contribution is 7.71. The van der Waals surface area contributed by atoms with Gasteiger partial charge >= 0.3 is 0 Å². The summed E-state index contributed by atoms with van der Waals surface area (Å²) in [6, 6.07) is 9.59. The van der Waals surface area contributed by atoms with Crippen LogP contribution < -0.4 is 10.3 Å². The predicted molar refractivity (Wildman–Crippen MR) is 96.7 cm³/mol. The molecule has 1 aromatic carbocycles. The van der Waals surface area contributed by atoms with E-state index < -0.39 is 0 Å². The minimum Gasteiger partial charge on any atom is -0.494 e. The molecule has 0 aliphatic heterocycles. The molecular weight excluding hydrogens is 344 g/mol. The first kappa shape index (κ1) is 15.1. The molecule has 0 spiro atoms. The van der Waals surface area contributed by atoms with E-state index >= 15 is 0 Å². The van der Waals surface area contributed by atoms with E-state index in [1.165, 1.54) is 11.3 Å². The molecule has 122 valence electrons. The van der Waals surface area contributed by atoms with Gasteiger partial charge in [-0.2, -0.15) is 0 Å². The first-order chi connectivity index (χ1) is 11.7. The molecule has 0 amide bonds. The summed E-state index contributed by atoms with van der Waals surface area (Å²) in [4.78, 5) is 12.9. The molecular formula is C16H14N4O2S2. The molecule has 0 atom stereocenters. The summed E-state index contributed by atoms with van der Waals surface area (Å²) >= 11 is 6.73. The van der Waals surface area contributed by atoms with Crippen molar-refractivity contribution in [3.05, 3.63) is 56.4 Å². The second-order valence-electron chi connectivity index (χ2n) is 5.23. The summed E-state index contributed by atoms with van der Waals surface area (Å²) in [6.07, 6.45) is 0. The number of thiophene rings is 1. The fraction of sp³-hybridized carbons (Fsp3) is 0.188. The van der Waals surface area contributed by atoms with E-state index in [-0.39, 0.29) is 5.56 Å². The Morgan fingerprint density at radius 2 is 2.17 bits per heavy atom.